The van der Waals surface area contributed by atoms with E-state index in [-0.39, 0.29) is 12.7 Å². The summed E-state index contributed by atoms with van der Waals surface area (Å²) in [4.78, 5) is 22.9. The van der Waals surface area contributed by atoms with E-state index in [1.807, 2.05) is 84.9 Å². The Labute approximate surface area is 181 Å². The number of hydrogen-bond acceptors (Lipinski definition) is 5. The van der Waals surface area contributed by atoms with E-state index in [0.717, 1.165) is 22.6 Å². The highest BCUT2D eigenvalue weighted by atomic mass is 16.6. The fourth-order valence-corrected chi connectivity index (χ4v) is 3.19. The molecule has 0 radical (unpaired) electrons. The van der Waals surface area contributed by atoms with Gasteiger partial charge in [-0.2, -0.15) is 0 Å². The maximum Gasteiger partial charge on any atom is 0.410 e. The van der Waals surface area contributed by atoms with Crippen LogP contribution in [-0.2, 0) is 11.3 Å². The van der Waals surface area contributed by atoms with Gasteiger partial charge in [-0.25, -0.2) is 14.8 Å². The van der Waals surface area contributed by atoms with Crippen LogP contribution in [0, 0.1) is 0 Å². The first-order valence-electron chi connectivity index (χ1n) is 10.1. The Morgan fingerprint density at radius 1 is 1.00 bits per heavy atom. The van der Waals surface area contributed by atoms with Crippen molar-refractivity contribution in [3.8, 4) is 5.75 Å². The summed E-state index contributed by atoms with van der Waals surface area (Å²) < 4.78 is 10.9. The van der Waals surface area contributed by atoms with Crippen LogP contribution in [0.2, 0.25) is 0 Å². The molecule has 6 nitrogen and oxygen atoms in total. The van der Waals surface area contributed by atoms with Crippen LogP contribution >= 0.6 is 0 Å². The highest BCUT2D eigenvalue weighted by Crippen LogP contribution is 2.23. The molecule has 3 aromatic rings. The molecule has 1 amide bonds. The lowest BCUT2D eigenvalue weighted by Gasteiger charge is -2.25. The molecule has 1 aliphatic rings. The van der Waals surface area contributed by atoms with E-state index in [1.54, 1.807) is 4.90 Å². The van der Waals surface area contributed by atoms with Gasteiger partial charge >= 0.3 is 6.09 Å². The fraction of sp³-hybridized carbons (Fsp3) is 0.160. The van der Waals surface area contributed by atoms with Crippen molar-refractivity contribution in [2.24, 2.45) is 4.99 Å². The number of nitrogens with zero attached hydrogens (tertiary/aromatic N) is 3. The third kappa shape index (κ3) is 5.79. The number of amides is 1. The lowest BCUT2D eigenvalue weighted by molar-refractivity contribution is 0.0998. The normalized spacial score (nSPS) is 13.7. The van der Waals surface area contributed by atoms with E-state index in [1.165, 1.54) is 6.40 Å². The number of rotatable bonds is 6. The lowest BCUT2D eigenvalue weighted by Crippen LogP contribution is -2.35. The summed E-state index contributed by atoms with van der Waals surface area (Å²) in [5, 5.41) is 0. The fourth-order valence-electron chi connectivity index (χ4n) is 3.19. The van der Waals surface area contributed by atoms with Gasteiger partial charge in [0, 0.05) is 13.1 Å². The molecule has 0 bridgehead atoms. The third-order valence-corrected chi connectivity index (χ3v) is 4.85. The Bertz CT molecular complexity index is 1070. The van der Waals surface area contributed by atoms with Gasteiger partial charge in [0.2, 0.25) is 0 Å². The Hall–Kier alpha value is -3.93. The number of aromatic nitrogens is 1. The minimum absolute atomic E-state index is 0.277. The molecule has 0 spiro atoms. The van der Waals surface area contributed by atoms with Gasteiger partial charge in [-0.3, -0.25) is 0 Å². The Morgan fingerprint density at radius 2 is 1.77 bits per heavy atom. The van der Waals surface area contributed by atoms with Crippen LogP contribution in [0.15, 0.2) is 89.9 Å². The summed E-state index contributed by atoms with van der Waals surface area (Å²) in [6.07, 6.45) is 3.81. The molecule has 0 fully saturated rings. The maximum absolute atomic E-state index is 12.3. The van der Waals surface area contributed by atoms with Crippen LogP contribution in [0.4, 0.5) is 10.6 Å². The van der Waals surface area contributed by atoms with E-state index in [9.17, 15) is 4.79 Å². The van der Waals surface area contributed by atoms with E-state index in [2.05, 4.69) is 9.98 Å². The number of hydrogen-bond donors (Lipinski definition) is 0. The van der Waals surface area contributed by atoms with Gasteiger partial charge in [0.15, 0.2) is 12.2 Å². The Kier molecular flexibility index (Phi) is 6.70. The number of pyridine rings is 1. The zero-order chi connectivity index (χ0) is 21.3. The molecule has 0 aliphatic carbocycles. The molecule has 1 aliphatic heterocycles. The van der Waals surface area contributed by atoms with E-state index in [4.69, 9.17) is 9.47 Å². The number of ether oxygens (including phenoxy) is 2. The minimum atomic E-state index is -0.302. The van der Waals surface area contributed by atoms with Gasteiger partial charge in [0.05, 0.1) is 5.69 Å². The Morgan fingerprint density at radius 3 is 2.52 bits per heavy atom. The highest BCUT2D eigenvalue weighted by Gasteiger charge is 2.19. The third-order valence-electron chi connectivity index (χ3n) is 4.85. The lowest BCUT2D eigenvalue weighted by atomic mass is 10.0. The molecule has 0 saturated carbocycles. The number of carbonyl (C=O) groups is 1. The largest absolute Gasteiger partial charge is 0.446 e. The predicted octanol–water partition coefficient (Wildman–Crippen LogP) is 5.25. The number of para-hydroxylation sites is 1. The minimum Gasteiger partial charge on any atom is -0.446 e. The molecule has 2 heterocycles. The second-order valence-corrected chi connectivity index (χ2v) is 7.01. The average molecular weight is 413 g/mol. The summed E-state index contributed by atoms with van der Waals surface area (Å²) in [5.74, 6) is 1.29. The van der Waals surface area contributed by atoms with Crippen LogP contribution in [0.5, 0.6) is 5.75 Å². The van der Waals surface area contributed by atoms with Crippen molar-refractivity contribution in [2.45, 2.75) is 13.0 Å². The molecule has 2 aromatic carbocycles. The van der Waals surface area contributed by atoms with Crippen LogP contribution in [-0.4, -0.2) is 35.5 Å². The van der Waals surface area contributed by atoms with Crippen LogP contribution in [0.3, 0.4) is 0 Å². The van der Waals surface area contributed by atoms with Gasteiger partial charge in [0.1, 0.15) is 12.4 Å². The number of carbonyl (C=O) groups excluding carboxylic acids is 1. The molecular formula is C25H23N3O3. The smallest absolute Gasteiger partial charge is 0.410 e. The van der Waals surface area contributed by atoms with Gasteiger partial charge < -0.3 is 14.4 Å². The summed E-state index contributed by atoms with van der Waals surface area (Å²) in [5.41, 5.74) is 2.92. The quantitative estimate of drug-likeness (QED) is 0.409. The molecule has 0 atom stereocenters. The molecule has 4 rings (SSSR count). The van der Waals surface area contributed by atoms with Crippen molar-refractivity contribution in [1.82, 2.24) is 9.88 Å². The Balaban J connectivity index is 1.32. The zero-order valence-electron chi connectivity index (χ0n) is 17.1. The molecule has 31 heavy (non-hydrogen) atoms. The van der Waals surface area contributed by atoms with E-state index in [0.29, 0.717) is 25.3 Å². The summed E-state index contributed by atoms with van der Waals surface area (Å²) in [6.45, 7) is 1.36. The molecule has 0 N–H and O–H groups in total. The topological polar surface area (TPSA) is 64.0 Å². The highest BCUT2D eigenvalue weighted by molar-refractivity contribution is 5.72. The first kappa shape index (κ1) is 20.3. The summed E-state index contributed by atoms with van der Waals surface area (Å²) in [7, 11) is 0. The second kappa shape index (κ2) is 10.2. The average Bonchev–Trinajstić information content (AvgIpc) is 2.84. The van der Waals surface area contributed by atoms with Crippen molar-refractivity contribution in [1.29, 1.82) is 0 Å². The van der Waals surface area contributed by atoms with Crippen molar-refractivity contribution < 1.29 is 14.3 Å². The standard InChI is InChI=1S/C25H23N3O3/c29-25(30-18-20-8-3-1-4-9-20)28-16-14-21(15-17-28)23-12-7-13-24(27-23)26-19-31-22-10-5-2-6-11-22/h1-14,19H,15-18H2. The van der Waals surface area contributed by atoms with Crippen LogP contribution in [0.25, 0.3) is 5.57 Å². The van der Waals surface area contributed by atoms with Gasteiger partial charge in [-0.05, 0) is 41.8 Å². The van der Waals surface area contributed by atoms with Crippen LogP contribution in [0.1, 0.15) is 17.7 Å². The van der Waals surface area contributed by atoms with Gasteiger partial charge in [0.25, 0.3) is 0 Å². The van der Waals surface area contributed by atoms with Crippen molar-refractivity contribution in [3.05, 3.63) is 96.2 Å². The molecule has 0 saturated heterocycles. The maximum atomic E-state index is 12.3. The molecule has 0 unspecified atom stereocenters. The zero-order valence-corrected chi connectivity index (χ0v) is 17.1. The van der Waals surface area contributed by atoms with E-state index >= 15 is 0 Å². The monoisotopic (exact) mass is 413 g/mol. The van der Waals surface area contributed by atoms with E-state index < -0.39 is 0 Å². The van der Waals surface area contributed by atoms with Crippen LogP contribution < -0.4 is 4.74 Å². The van der Waals surface area contributed by atoms with Crippen molar-refractivity contribution in [2.75, 3.05) is 13.1 Å². The summed E-state index contributed by atoms with van der Waals surface area (Å²) in [6, 6.07) is 24.8. The van der Waals surface area contributed by atoms with Crippen molar-refractivity contribution in [3.63, 3.8) is 0 Å². The first-order chi connectivity index (χ1) is 15.3. The van der Waals surface area contributed by atoms with Crippen molar-refractivity contribution >= 4 is 23.9 Å². The first-order valence-corrected chi connectivity index (χ1v) is 10.1. The second-order valence-electron chi connectivity index (χ2n) is 7.01. The summed E-state index contributed by atoms with van der Waals surface area (Å²) >= 11 is 0. The van der Waals surface area contributed by atoms with Gasteiger partial charge in [-0.15, -0.1) is 0 Å². The number of aliphatic imine (C=N–C) groups is 1. The number of benzene rings is 2. The molecule has 1 aromatic heterocycles. The predicted molar refractivity (Wildman–Crippen MR) is 120 cm³/mol. The van der Waals surface area contributed by atoms with Gasteiger partial charge in [-0.1, -0.05) is 60.7 Å². The molecule has 6 heteroatoms. The SMILES string of the molecule is O=C(OCc1ccccc1)N1CC=C(c2cccc(N=COc3ccccc3)n2)CC1. The molecular weight excluding hydrogens is 390 g/mol. The molecule has 156 valence electrons.